The minimum atomic E-state index is -1.28. The molecular weight excluding hydrogens is 658 g/mol. The summed E-state index contributed by atoms with van der Waals surface area (Å²) in [6.07, 6.45) is 0.328. The zero-order chi connectivity index (χ0) is 20.1. The number of carbonyl (C=O) groups excluding carboxylic acids is 1. The van der Waals surface area contributed by atoms with Gasteiger partial charge in [0.2, 0.25) is 0 Å². The van der Waals surface area contributed by atoms with Crippen LogP contribution in [0.3, 0.4) is 0 Å². The minimum absolute atomic E-state index is 0.238. The number of carbonyl (C=O) groups is 1. The highest BCUT2D eigenvalue weighted by atomic mass is 127. The van der Waals surface area contributed by atoms with Crippen LogP contribution in [0, 0.1) is 18.8 Å². The van der Waals surface area contributed by atoms with Gasteiger partial charge in [-0.1, -0.05) is 0 Å². The molecule has 27 heavy (non-hydrogen) atoms. The number of aliphatic hydroxyl groups excluding tert-OH is 2. The smallest absolute Gasteiger partial charge is 0.277 e. The molecule has 0 saturated carbocycles. The fourth-order valence-corrected chi connectivity index (χ4v) is 3.89. The Labute approximate surface area is 188 Å². The summed E-state index contributed by atoms with van der Waals surface area (Å²) < 4.78 is 29.7. The number of nitrogens with zero attached hydrogens (tertiary/aromatic N) is 1. The molecule has 2 aromatic rings. The SMILES string of the molecule is O=C(NOC[C@H](O)CO)c1cc(Br)c(F)c(F)c1Nc1ncc(I)cc1I. The highest BCUT2D eigenvalue weighted by molar-refractivity contribution is 14.1. The molecule has 0 bridgehead atoms. The number of amides is 1. The van der Waals surface area contributed by atoms with E-state index < -0.39 is 35.9 Å². The second-order valence-electron chi connectivity index (χ2n) is 5.10. The van der Waals surface area contributed by atoms with Crippen LogP contribution in [-0.2, 0) is 4.84 Å². The third-order valence-corrected chi connectivity index (χ3v) is 5.10. The van der Waals surface area contributed by atoms with E-state index >= 15 is 0 Å². The van der Waals surface area contributed by atoms with Crippen molar-refractivity contribution in [2.75, 3.05) is 18.5 Å². The Hall–Kier alpha value is -0.680. The first kappa shape index (κ1) is 22.6. The Balaban J connectivity index is 2.34. The largest absolute Gasteiger partial charge is 0.394 e. The average Bonchev–Trinajstić information content (AvgIpc) is 2.63. The number of hydrogen-bond acceptors (Lipinski definition) is 6. The molecule has 1 aromatic carbocycles. The Morgan fingerprint density at radius 3 is 2.67 bits per heavy atom. The summed E-state index contributed by atoms with van der Waals surface area (Å²) >= 11 is 6.88. The average molecular weight is 670 g/mol. The molecule has 0 fully saturated rings. The van der Waals surface area contributed by atoms with Gasteiger partial charge in [0.1, 0.15) is 18.5 Å². The first-order valence-corrected chi connectivity index (χ1v) is 10.2. The Morgan fingerprint density at radius 2 is 2.04 bits per heavy atom. The predicted molar refractivity (Wildman–Crippen MR) is 114 cm³/mol. The summed E-state index contributed by atoms with van der Waals surface area (Å²) in [4.78, 5) is 21.2. The quantitative estimate of drug-likeness (QED) is 0.205. The van der Waals surface area contributed by atoms with Gasteiger partial charge >= 0.3 is 0 Å². The van der Waals surface area contributed by atoms with Crippen molar-refractivity contribution in [3.63, 3.8) is 0 Å². The van der Waals surface area contributed by atoms with Crippen LogP contribution in [0.2, 0.25) is 0 Å². The van der Waals surface area contributed by atoms with Gasteiger partial charge in [0.25, 0.3) is 5.91 Å². The summed E-state index contributed by atoms with van der Waals surface area (Å²) in [5.74, 6) is -3.10. The van der Waals surface area contributed by atoms with E-state index in [1.165, 1.54) is 6.20 Å². The summed E-state index contributed by atoms with van der Waals surface area (Å²) in [6, 6.07) is 2.85. The highest BCUT2D eigenvalue weighted by Gasteiger charge is 2.23. The summed E-state index contributed by atoms with van der Waals surface area (Å²) in [6.45, 7) is -0.942. The zero-order valence-electron chi connectivity index (χ0n) is 13.3. The maximum atomic E-state index is 14.5. The fraction of sp³-hybridized carbons (Fsp3) is 0.200. The van der Waals surface area contributed by atoms with Gasteiger partial charge in [-0.3, -0.25) is 9.63 Å². The van der Waals surface area contributed by atoms with Crippen LogP contribution in [0.25, 0.3) is 0 Å². The molecule has 1 amide bonds. The normalized spacial score (nSPS) is 12.0. The Bertz CT molecular complexity index is 860. The summed E-state index contributed by atoms with van der Waals surface area (Å²) in [5, 5.41) is 20.6. The summed E-state index contributed by atoms with van der Waals surface area (Å²) in [7, 11) is 0. The number of halogens is 5. The molecule has 1 aromatic heterocycles. The number of aliphatic hydroxyl groups is 2. The van der Waals surface area contributed by atoms with Crippen molar-refractivity contribution in [2.24, 2.45) is 0 Å². The van der Waals surface area contributed by atoms with E-state index in [9.17, 15) is 18.7 Å². The van der Waals surface area contributed by atoms with E-state index in [1.807, 2.05) is 28.1 Å². The molecule has 0 saturated heterocycles. The lowest BCUT2D eigenvalue weighted by Crippen LogP contribution is -2.30. The van der Waals surface area contributed by atoms with Crippen LogP contribution >= 0.6 is 61.1 Å². The maximum Gasteiger partial charge on any atom is 0.277 e. The van der Waals surface area contributed by atoms with Crippen molar-refractivity contribution in [3.05, 3.63) is 47.1 Å². The van der Waals surface area contributed by atoms with Gasteiger partial charge in [0.05, 0.1) is 25.9 Å². The molecule has 1 heterocycles. The van der Waals surface area contributed by atoms with Gasteiger partial charge in [0.15, 0.2) is 11.6 Å². The molecular formula is C15H12BrF2I2N3O4. The van der Waals surface area contributed by atoms with Gasteiger partial charge < -0.3 is 15.5 Å². The standard InChI is InChI=1S/C15H12BrF2I2N3O4/c16-9-2-8(15(26)23-27-5-7(25)4-24)13(12(18)11(9)17)22-14-10(20)1-6(19)3-21-14/h1-3,7,24-25H,4-5H2,(H,21,22)(H,23,26)/t7-/m1/s1. The van der Waals surface area contributed by atoms with Crippen LogP contribution in [0.4, 0.5) is 20.3 Å². The third kappa shape index (κ3) is 5.90. The molecule has 0 spiro atoms. The molecule has 0 radical (unpaired) electrons. The van der Waals surface area contributed by atoms with E-state index in [2.05, 4.69) is 48.8 Å². The highest BCUT2D eigenvalue weighted by Crippen LogP contribution is 2.32. The van der Waals surface area contributed by atoms with E-state index in [-0.39, 0.29) is 22.5 Å². The van der Waals surface area contributed by atoms with Crippen LogP contribution in [-0.4, -0.2) is 40.4 Å². The van der Waals surface area contributed by atoms with Gasteiger partial charge in [-0.2, -0.15) is 0 Å². The number of nitrogens with one attached hydrogen (secondary N) is 2. The number of hydrogen-bond donors (Lipinski definition) is 4. The first-order chi connectivity index (χ1) is 12.7. The predicted octanol–water partition coefficient (Wildman–Crippen LogP) is 3.09. The Morgan fingerprint density at radius 1 is 1.33 bits per heavy atom. The van der Waals surface area contributed by atoms with Crippen molar-refractivity contribution in [1.82, 2.24) is 10.5 Å². The lowest BCUT2D eigenvalue weighted by Gasteiger charge is -2.15. The molecule has 0 unspecified atom stereocenters. The number of anilines is 2. The monoisotopic (exact) mass is 669 g/mol. The minimum Gasteiger partial charge on any atom is -0.394 e. The van der Waals surface area contributed by atoms with Crippen molar-refractivity contribution in [3.8, 4) is 0 Å². The molecule has 0 aliphatic carbocycles. The van der Waals surface area contributed by atoms with Gasteiger partial charge in [-0.15, -0.1) is 0 Å². The molecule has 0 aliphatic rings. The fourth-order valence-electron chi connectivity index (χ4n) is 1.83. The number of aromatic nitrogens is 1. The molecule has 146 valence electrons. The molecule has 4 N–H and O–H groups in total. The number of hydroxylamine groups is 1. The van der Waals surface area contributed by atoms with E-state index in [4.69, 9.17) is 9.94 Å². The van der Waals surface area contributed by atoms with Crippen molar-refractivity contribution >= 4 is 78.5 Å². The molecule has 12 heteroatoms. The second-order valence-corrected chi connectivity index (χ2v) is 8.36. The van der Waals surface area contributed by atoms with Gasteiger partial charge in [0, 0.05) is 9.77 Å². The third-order valence-electron chi connectivity index (χ3n) is 3.11. The van der Waals surface area contributed by atoms with Gasteiger partial charge in [-0.25, -0.2) is 19.2 Å². The number of rotatable bonds is 7. The van der Waals surface area contributed by atoms with Crippen LogP contribution < -0.4 is 10.8 Å². The number of benzene rings is 1. The van der Waals surface area contributed by atoms with E-state index in [1.54, 1.807) is 6.07 Å². The van der Waals surface area contributed by atoms with E-state index in [0.717, 1.165) is 9.64 Å². The molecule has 7 nitrogen and oxygen atoms in total. The van der Waals surface area contributed by atoms with Gasteiger partial charge in [-0.05, 0) is 73.2 Å². The topological polar surface area (TPSA) is 104 Å². The Kier molecular flexibility index (Phi) is 8.54. The molecule has 0 aliphatic heterocycles. The summed E-state index contributed by atoms with van der Waals surface area (Å²) in [5.41, 5.74) is 1.33. The lowest BCUT2D eigenvalue weighted by molar-refractivity contribution is -0.0295. The first-order valence-electron chi connectivity index (χ1n) is 7.21. The van der Waals surface area contributed by atoms with Crippen molar-refractivity contribution in [2.45, 2.75) is 6.10 Å². The molecule has 1 atom stereocenters. The van der Waals surface area contributed by atoms with Crippen LogP contribution in [0.5, 0.6) is 0 Å². The lowest BCUT2D eigenvalue weighted by atomic mass is 10.1. The molecule has 2 rings (SSSR count). The second kappa shape index (κ2) is 10.2. The number of pyridine rings is 1. The maximum absolute atomic E-state index is 14.5. The van der Waals surface area contributed by atoms with Crippen LogP contribution in [0.15, 0.2) is 22.8 Å². The van der Waals surface area contributed by atoms with Crippen molar-refractivity contribution in [1.29, 1.82) is 0 Å². The van der Waals surface area contributed by atoms with Crippen LogP contribution in [0.1, 0.15) is 10.4 Å². The van der Waals surface area contributed by atoms with Crippen molar-refractivity contribution < 1.29 is 28.6 Å². The zero-order valence-corrected chi connectivity index (χ0v) is 19.2. The van der Waals surface area contributed by atoms with E-state index in [0.29, 0.717) is 3.57 Å².